The van der Waals surface area contributed by atoms with Gasteiger partial charge in [0.1, 0.15) is 0 Å². The van der Waals surface area contributed by atoms with Crippen LogP contribution in [0, 0.1) is 0 Å². The molecule has 1 amide bonds. The van der Waals surface area contributed by atoms with Crippen molar-refractivity contribution in [2.24, 2.45) is 0 Å². The van der Waals surface area contributed by atoms with Crippen LogP contribution in [0.3, 0.4) is 0 Å². The van der Waals surface area contributed by atoms with Gasteiger partial charge in [-0.25, -0.2) is 5.48 Å². The average Bonchev–Trinajstić information content (AvgIpc) is 2.49. The van der Waals surface area contributed by atoms with Crippen LogP contribution >= 0.6 is 11.8 Å². The number of nitrogens with one attached hydrogen (secondary N) is 1. The second kappa shape index (κ2) is 6.97. The van der Waals surface area contributed by atoms with Crippen LogP contribution in [0.25, 0.3) is 0 Å². The summed E-state index contributed by atoms with van der Waals surface area (Å²) in [7, 11) is 0. The van der Waals surface area contributed by atoms with Gasteiger partial charge < -0.3 is 0 Å². The van der Waals surface area contributed by atoms with Gasteiger partial charge in [0.25, 0.3) is 5.91 Å². The van der Waals surface area contributed by atoms with E-state index in [0.29, 0.717) is 0 Å². The van der Waals surface area contributed by atoms with E-state index < -0.39 is 0 Å². The molecule has 0 aliphatic heterocycles. The summed E-state index contributed by atoms with van der Waals surface area (Å²) < 4.78 is 0. The molecule has 0 saturated carbocycles. The lowest BCUT2D eigenvalue weighted by Gasteiger charge is -2.17. The number of carbonyl (C=O) groups is 1. The summed E-state index contributed by atoms with van der Waals surface area (Å²) in [6.07, 6.45) is 0. The number of hydrogen-bond acceptors (Lipinski definition) is 3. The van der Waals surface area contributed by atoms with Crippen molar-refractivity contribution in [3.63, 3.8) is 0 Å². The van der Waals surface area contributed by atoms with E-state index >= 15 is 0 Å². The molecule has 0 heterocycles. The molecule has 0 spiro atoms. The van der Waals surface area contributed by atoms with E-state index in [1.165, 1.54) is 11.8 Å². The Labute approximate surface area is 116 Å². The molecule has 98 valence electrons. The first-order chi connectivity index (χ1) is 9.31. The third-order valence-electron chi connectivity index (χ3n) is 2.71. The van der Waals surface area contributed by atoms with E-state index in [2.05, 4.69) is 0 Å². The molecule has 0 unspecified atom stereocenters. The first-order valence-corrected chi connectivity index (χ1v) is 7.00. The Morgan fingerprint density at radius 2 is 1.47 bits per heavy atom. The number of amides is 1. The monoisotopic (exact) mass is 273 g/mol. The first-order valence-electron chi connectivity index (χ1n) is 5.95. The average molecular weight is 273 g/mol. The minimum atomic E-state index is -0.387. The highest BCUT2D eigenvalue weighted by atomic mass is 32.2. The number of carbonyl (C=O) groups excluding carboxylic acids is 1. The van der Waals surface area contributed by atoms with Crippen molar-refractivity contribution in [3.8, 4) is 0 Å². The summed E-state index contributed by atoms with van der Waals surface area (Å²) in [5.41, 5.74) is 3.95. The quantitative estimate of drug-likeness (QED) is 0.650. The van der Waals surface area contributed by atoms with Gasteiger partial charge in [-0.15, -0.1) is 11.8 Å². The van der Waals surface area contributed by atoms with Crippen LogP contribution in [0.5, 0.6) is 0 Å². The minimum Gasteiger partial charge on any atom is -0.289 e. The number of benzene rings is 2. The summed E-state index contributed by atoms with van der Waals surface area (Å²) in [5.74, 6) is -0.174. The Kier molecular flexibility index (Phi) is 5.01. The predicted octanol–water partition coefficient (Wildman–Crippen LogP) is 3.01. The molecule has 2 aromatic carbocycles. The van der Waals surface area contributed by atoms with Gasteiger partial charge in [-0.05, 0) is 11.1 Å². The minimum absolute atomic E-state index is 0.0831. The molecule has 0 atom stereocenters. The Balaban J connectivity index is 2.21. The molecule has 19 heavy (non-hydrogen) atoms. The SMILES string of the molecule is O=C(CSC(c1ccccc1)c1ccccc1)NO. The zero-order valence-corrected chi connectivity index (χ0v) is 11.1. The van der Waals surface area contributed by atoms with Crippen LogP contribution in [0.2, 0.25) is 0 Å². The van der Waals surface area contributed by atoms with Crippen molar-refractivity contribution >= 4 is 17.7 Å². The Bertz CT molecular complexity index is 477. The lowest BCUT2D eigenvalue weighted by Crippen LogP contribution is -2.21. The van der Waals surface area contributed by atoms with Crippen LogP contribution in [0.15, 0.2) is 60.7 Å². The molecule has 3 nitrogen and oxygen atoms in total. The van der Waals surface area contributed by atoms with Gasteiger partial charge in [-0.2, -0.15) is 0 Å². The maximum absolute atomic E-state index is 11.2. The highest BCUT2D eigenvalue weighted by Crippen LogP contribution is 2.35. The number of rotatable bonds is 5. The molecule has 4 heteroatoms. The largest absolute Gasteiger partial charge is 0.289 e. The Hall–Kier alpha value is -1.78. The standard InChI is InChI=1S/C15H15NO2S/c17-14(16-18)11-19-15(12-7-3-1-4-8-12)13-9-5-2-6-10-13/h1-10,15,18H,11H2,(H,16,17). The lowest BCUT2D eigenvalue weighted by atomic mass is 10.0. The second-order valence-corrected chi connectivity index (χ2v) is 5.14. The predicted molar refractivity (Wildman–Crippen MR) is 77.1 cm³/mol. The van der Waals surface area contributed by atoms with E-state index in [0.717, 1.165) is 11.1 Å². The number of hydroxylamine groups is 1. The molecule has 0 fully saturated rings. The summed E-state index contributed by atoms with van der Waals surface area (Å²) in [5, 5.41) is 8.66. The van der Waals surface area contributed by atoms with Crippen LogP contribution in [0.1, 0.15) is 16.4 Å². The highest BCUT2D eigenvalue weighted by Gasteiger charge is 2.15. The van der Waals surface area contributed by atoms with Crippen LogP contribution in [-0.4, -0.2) is 16.9 Å². The molecule has 2 N–H and O–H groups in total. The molecular formula is C15H15NO2S. The molecule has 2 aromatic rings. The van der Waals surface area contributed by atoms with Gasteiger partial charge in [0.05, 0.1) is 11.0 Å². The van der Waals surface area contributed by atoms with Crippen molar-refractivity contribution in [2.75, 3.05) is 5.75 Å². The topological polar surface area (TPSA) is 49.3 Å². The lowest BCUT2D eigenvalue weighted by molar-refractivity contribution is -0.126. The van der Waals surface area contributed by atoms with Crippen molar-refractivity contribution in [1.29, 1.82) is 0 Å². The second-order valence-electron chi connectivity index (χ2n) is 4.05. The fourth-order valence-electron chi connectivity index (χ4n) is 1.83. The Morgan fingerprint density at radius 1 is 1.00 bits per heavy atom. The zero-order chi connectivity index (χ0) is 13.5. The smallest absolute Gasteiger partial charge is 0.253 e. The van der Waals surface area contributed by atoms with E-state index in [-0.39, 0.29) is 16.9 Å². The van der Waals surface area contributed by atoms with Crippen LogP contribution in [-0.2, 0) is 4.79 Å². The highest BCUT2D eigenvalue weighted by molar-refractivity contribution is 8.00. The van der Waals surface area contributed by atoms with Crippen molar-refractivity contribution in [1.82, 2.24) is 5.48 Å². The summed E-state index contributed by atoms with van der Waals surface area (Å²) in [6, 6.07) is 20.0. The maximum atomic E-state index is 11.2. The van der Waals surface area contributed by atoms with Crippen LogP contribution in [0.4, 0.5) is 0 Å². The molecule has 0 aromatic heterocycles. The first kappa shape index (κ1) is 13.6. The number of hydrogen-bond donors (Lipinski definition) is 2. The van der Waals surface area contributed by atoms with Gasteiger partial charge in [0.2, 0.25) is 0 Å². The summed E-state index contributed by atoms with van der Waals surface area (Å²) >= 11 is 1.49. The Morgan fingerprint density at radius 3 is 1.89 bits per heavy atom. The molecule has 0 bridgehead atoms. The third kappa shape index (κ3) is 3.84. The van der Waals surface area contributed by atoms with Gasteiger partial charge in [-0.1, -0.05) is 60.7 Å². The zero-order valence-electron chi connectivity index (χ0n) is 10.3. The van der Waals surface area contributed by atoms with E-state index in [4.69, 9.17) is 5.21 Å². The molecule has 0 aliphatic rings. The third-order valence-corrected chi connectivity index (χ3v) is 4.02. The number of thioether (sulfide) groups is 1. The fraction of sp³-hybridized carbons (Fsp3) is 0.133. The van der Waals surface area contributed by atoms with Crippen LogP contribution < -0.4 is 5.48 Å². The van der Waals surface area contributed by atoms with Crippen molar-refractivity contribution < 1.29 is 10.0 Å². The molecular weight excluding hydrogens is 258 g/mol. The van der Waals surface area contributed by atoms with Gasteiger partial charge >= 0.3 is 0 Å². The fourth-order valence-corrected chi connectivity index (χ4v) is 2.91. The molecule has 0 aliphatic carbocycles. The summed E-state index contributed by atoms with van der Waals surface area (Å²) in [4.78, 5) is 11.2. The maximum Gasteiger partial charge on any atom is 0.253 e. The van der Waals surface area contributed by atoms with E-state index in [9.17, 15) is 4.79 Å². The normalized spacial score (nSPS) is 10.4. The van der Waals surface area contributed by atoms with Gasteiger partial charge in [-0.3, -0.25) is 10.0 Å². The van der Waals surface area contributed by atoms with Gasteiger partial charge in [0.15, 0.2) is 0 Å². The molecule has 0 radical (unpaired) electrons. The van der Waals surface area contributed by atoms with E-state index in [1.54, 1.807) is 5.48 Å². The van der Waals surface area contributed by atoms with E-state index in [1.807, 2.05) is 60.7 Å². The molecule has 0 saturated heterocycles. The van der Waals surface area contributed by atoms with Gasteiger partial charge in [0, 0.05) is 0 Å². The van der Waals surface area contributed by atoms with Crippen molar-refractivity contribution in [3.05, 3.63) is 71.8 Å². The van der Waals surface area contributed by atoms with Crippen molar-refractivity contribution in [2.45, 2.75) is 5.25 Å². The summed E-state index contributed by atoms with van der Waals surface area (Å²) in [6.45, 7) is 0. The molecule has 2 rings (SSSR count).